The fourth-order valence-electron chi connectivity index (χ4n) is 1.86. The van der Waals surface area contributed by atoms with Gasteiger partial charge in [-0.05, 0) is 24.3 Å². The van der Waals surface area contributed by atoms with E-state index in [-0.39, 0.29) is 0 Å². The van der Waals surface area contributed by atoms with Gasteiger partial charge < -0.3 is 4.74 Å². The van der Waals surface area contributed by atoms with Crippen molar-refractivity contribution in [1.29, 1.82) is 0 Å². The Morgan fingerprint density at radius 1 is 1.00 bits per heavy atom. The normalized spacial score (nSPS) is 10.4. The topological polar surface area (TPSA) is 35.0 Å². The van der Waals surface area contributed by atoms with Crippen molar-refractivity contribution in [2.24, 2.45) is 0 Å². The quantitative estimate of drug-likeness (QED) is 0.723. The Balaban J connectivity index is 2.02. The summed E-state index contributed by atoms with van der Waals surface area (Å²) in [5.41, 5.74) is 2.82. The van der Waals surface area contributed by atoms with Gasteiger partial charge in [0, 0.05) is 17.1 Å². The van der Waals surface area contributed by atoms with Crippen molar-refractivity contribution in [2.45, 2.75) is 0 Å². The molecule has 94 valence electrons. The second-order valence-corrected chi connectivity index (χ2v) is 4.81. The number of methoxy groups -OCH3 is 1. The van der Waals surface area contributed by atoms with Crippen LogP contribution in [0.25, 0.3) is 22.0 Å². The summed E-state index contributed by atoms with van der Waals surface area (Å²) in [6.07, 6.45) is 1.78. The minimum Gasteiger partial charge on any atom is -0.496 e. The molecule has 1 aromatic carbocycles. The molecule has 3 rings (SSSR count). The van der Waals surface area contributed by atoms with Crippen LogP contribution in [0.2, 0.25) is 0 Å². The van der Waals surface area contributed by atoms with Crippen molar-refractivity contribution in [2.75, 3.05) is 7.11 Å². The number of hydrogen-bond donors (Lipinski definition) is 0. The Labute approximate surface area is 115 Å². The van der Waals surface area contributed by atoms with Crippen LogP contribution in [0.3, 0.4) is 0 Å². The van der Waals surface area contributed by atoms with Crippen LogP contribution in [-0.4, -0.2) is 17.1 Å². The molecule has 2 aromatic heterocycles. The second-order valence-electron chi connectivity index (χ2n) is 3.95. The predicted molar refractivity (Wildman–Crippen MR) is 77.3 cm³/mol. The number of hydrogen-bond acceptors (Lipinski definition) is 4. The predicted octanol–water partition coefficient (Wildman–Crippen LogP) is 3.88. The number of rotatable bonds is 3. The summed E-state index contributed by atoms with van der Waals surface area (Å²) in [6.45, 7) is 0. The van der Waals surface area contributed by atoms with Gasteiger partial charge in [-0.3, -0.25) is 4.98 Å². The van der Waals surface area contributed by atoms with E-state index in [4.69, 9.17) is 4.74 Å². The first kappa shape index (κ1) is 11.9. The first-order chi connectivity index (χ1) is 9.38. The van der Waals surface area contributed by atoms with Crippen molar-refractivity contribution in [1.82, 2.24) is 9.97 Å². The van der Waals surface area contributed by atoms with E-state index in [2.05, 4.69) is 9.97 Å². The van der Waals surface area contributed by atoms with Crippen molar-refractivity contribution in [3.63, 3.8) is 0 Å². The monoisotopic (exact) mass is 268 g/mol. The lowest BCUT2D eigenvalue weighted by molar-refractivity contribution is 0.416. The van der Waals surface area contributed by atoms with Crippen molar-refractivity contribution in [3.8, 4) is 27.7 Å². The van der Waals surface area contributed by atoms with Crippen LogP contribution >= 0.6 is 11.3 Å². The van der Waals surface area contributed by atoms with Gasteiger partial charge in [-0.25, -0.2) is 4.98 Å². The Hall–Kier alpha value is -2.20. The van der Waals surface area contributed by atoms with Crippen LogP contribution in [0.1, 0.15) is 0 Å². The molecule has 0 radical (unpaired) electrons. The van der Waals surface area contributed by atoms with E-state index < -0.39 is 0 Å². The summed E-state index contributed by atoms with van der Waals surface area (Å²) >= 11 is 1.59. The molecule has 19 heavy (non-hydrogen) atoms. The highest BCUT2D eigenvalue weighted by Gasteiger charge is 2.10. The highest BCUT2D eigenvalue weighted by atomic mass is 32.1. The van der Waals surface area contributed by atoms with E-state index in [1.807, 2.05) is 47.8 Å². The average Bonchev–Trinajstić information content (AvgIpc) is 2.98. The number of benzene rings is 1. The fourth-order valence-corrected chi connectivity index (χ4v) is 2.66. The van der Waals surface area contributed by atoms with Crippen LogP contribution in [0, 0.1) is 0 Å². The summed E-state index contributed by atoms with van der Waals surface area (Å²) in [5.74, 6) is 0.834. The van der Waals surface area contributed by atoms with Gasteiger partial charge in [0.05, 0.1) is 18.5 Å². The molecule has 3 aromatic rings. The molecule has 0 aliphatic carbocycles. The second kappa shape index (κ2) is 5.20. The number of aromatic nitrogens is 2. The summed E-state index contributed by atoms with van der Waals surface area (Å²) in [7, 11) is 1.67. The first-order valence-electron chi connectivity index (χ1n) is 5.89. The van der Waals surface area contributed by atoms with Crippen LogP contribution < -0.4 is 4.74 Å². The summed E-state index contributed by atoms with van der Waals surface area (Å²) < 4.78 is 5.36. The number of para-hydroxylation sites is 1. The zero-order valence-corrected chi connectivity index (χ0v) is 11.2. The number of nitrogens with zero attached hydrogens (tertiary/aromatic N) is 2. The van der Waals surface area contributed by atoms with Crippen molar-refractivity contribution >= 4 is 11.3 Å². The lowest BCUT2D eigenvalue weighted by Gasteiger charge is -2.04. The molecule has 2 heterocycles. The molecule has 0 N–H and O–H groups in total. The molecule has 0 bridgehead atoms. The maximum atomic E-state index is 5.36. The zero-order chi connectivity index (χ0) is 13.1. The van der Waals surface area contributed by atoms with Gasteiger partial charge in [-0.2, -0.15) is 0 Å². The van der Waals surface area contributed by atoms with Gasteiger partial charge in [-0.1, -0.05) is 18.2 Å². The number of ether oxygens (including phenoxy) is 1. The van der Waals surface area contributed by atoms with E-state index in [0.717, 1.165) is 27.7 Å². The summed E-state index contributed by atoms with van der Waals surface area (Å²) in [5, 5.41) is 2.95. The summed E-state index contributed by atoms with van der Waals surface area (Å²) in [6, 6.07) is 13.7. The minimum atomic E-state index is 0.834. The highest BCUT2D eigenvalue weighted by molar-refractivity contribution is 7.13. The smallest absolute Gasteiger partial charge is 0.142 e. The molecule has 4 heteroatoms. The largest absolute Gasteiger partial charge is 0.496 e. The third-order valence-electron chi connectivity index (χ3n) is 2.77. The Morgan fingerprint density at radius 3 is 2.63 bits per heavy atom. The lowest BCUT2D eigenvalue weighted by atomic mass is 10.1. The Morgan fingerprint density at radius 2 is 1.84 bits per heavy atom. The minimum absolute atomic E-state index is 0.834. The number of thiazole rings is 1. The van der Waals surface area contributed by atoms with Gasteiger partial charge in [0.15, 0.2) is 0 Å². The van der Waals surface area contributed by atoms with E-state index in [9.17, 15) is 0 Å². The third kappa shape index (κ3) is 2.35. The average molecular weight is 268 g/mol. The van der Waals surface area contributed by atoms with Crippen LogP contribution in [0.5, 0.6) is 5.75 Å². The van der Waals surface area contributed by atoms with Gasteiger partial charge >= 0.3 is 0 Å². The van der Waals surface area contributed by atoms with Crippen LogP contribution in [-0.2, 0) is 0 Å². The maximum Gasteiger partial charge on any atom is 0.142 e. The Bertz CT molecular complexity index is 679. The van der Waals surface area contributed by atoms with E-state index in [0.29, 0.717) is 0 Å². The number of pyridine rings is 1. The zero-order valence-electron chi connectivity index (χ0n) is 10.4. The highest BCUT2D eigenvalue weighted by Crippen LogP contribution is 2.32. The molecule has 0 fully saturated rings. The standard InChI is InChI=1S/C15H12N2OS/c1-18-14-8-3-2-6-11(14)13-10-19-15(17-13)12-7-4-5-9-16-12/h2-10H,1H3. The molecule has 0 spiro atoms. The van der Waals surface area contributed by atoms with Crippen LogP contribution in [0.15, 0.2) is 54.0 Å². The first-order valence-corrected chi connectivity index (χ1v) is 6.77. The molecular weight excluding hydrogens is 256 g/mol. The molecule has 3 nitrogen and oxygen atoms in total. The molecule has 0 saturated carbocycles. The van der Waals surface area contributed by atoms with E-state index >= 15 is 0 Å². The fraction of sp³-hybridized carbons (Fsp3) is 0.0667. The Kier molecular flexibility index (Phi) is 3.25. The van der Waals surface area contributed by atoms with E-state index in [1.165, 1.54) is 0 Å². The van der Waals surface area contributed by atoms with Crippen molar-refractivity contribution < 1.29 is 4.74 Å². The lowest BCUT2D eigenvalue weighted by Crippen LogP contribution is -1.87. The maximum absolute atomic E-state index is 5.36. The molecular formula is C15H12N2OS. The van der Waals surface area contributed by atoms with Gasteiger partial charge in [-0.15, -0.1) is 11.3 Å². The van der Waals surface area contributed by atoms with Gasteiger partial charge in [0.2, 0.25) is 0 Å². The SMILES string of the molecule is COc1ccccc1-c1csc(-c2ccccn2)n1. The van der Waals surface area contributed by atoms with E-state index in [1.54, 1.807) is 24.6 Å². The molecule has 0 unspecified atom stereocenters. The summed E-state index contributed by atoms with van der Waals surface area (Å²) in [4.78, 5) is 8.95. The molecule has 0 aliphatic rings. The van der Waals surface area contributed by atoms with Gasteiger partial charge in [0.25, 0.3) is 0 Å². The molecule has 0 amide bonds. The van der Waals surface area contributed by atoms with Gasteiger partial charge in [0.1, 0.15) is 10.8 Å². The molecule has 0 saturated heterocycles. The van der Waals surface area contributed by atoms with Crippen molar-refractivity contribution in [3.05, 3.63) is 54.0 Å². The van der Waals surface area contributed by atoms with Crippen LogP contribution in [0.4, 0.5) is 0 Å². The molecule has 0 atom stereocenters. The molecule has 0 aliphatic heterocycles. The third-order valence-corrected chi connectivity index (χ3v) is 3.64.